The quantitative estimate of drug-likeness (QED) is 0.785. The summed E-state index contributed by atoms with van der Waals surface area (Å²) in [6, 6.07) is 2.19. The number of anilines is 1. The normalized spacial score (nSPS) is 19.7. The molecule has 2 heterocycles. The molecule has 1 unspecified atom stereocenters. The standard InChI is InChI=1S/C9H8ClN3O3/c10-5-1-2-7(11-4-5)13-6(9(15)16)3-8(14)12-13/h1-2,4,6H,3H2,(H,12,14)(H,15,16). The van der Waals surface area contributed by atoms with Crippen molar-refractivity contribution in [2.75, 3.05) is 5.01 Å². The predicted octanol–water partition coefficient (Wildman–Crippen LogP) is 0.429. The van der Waals surface area contributed by atoms with Gasteiger partial charge in [0.2, 0.25) is 5.91 Å². The molecule has 2 N–H and O–H groups in total. The second-order valence-corrected chi connectivity index (χ2v) is 3.73. The molecule has 0 radical (unpaired) electrons. The number of nitrogens with one attached hydrogen (secondary N) is 1. The minimum Gasteiger partial charge on any atom is -0.480 e. The Kier molecular flexibility index (Phi) is 2.66. The molecular formula is C9H8ClN3O3. The molecule has 6 nitrogen and oxygen atoms in total. The van der Waals surface area contributed by atoms with E-state index >= 15 is 0 Å². The van der Waals surface area contributed by atoms with Crippen molar-refractivity contribution in [2.24, 2.45) is 0 Å². The first-order chi connectivity index (χ1) is 7.58. The van der Waals surface area contributed by atoms with Gasteiger partial charge in [-0.05, 0) is 12.1 Å². The summed E-state index contributed by atoms with van der Waals surface area (Å²) in [5.74, 6) is -1.07. The zero-order chi connectivity index (χ0) is 11.7. The molecule has 2 rings (SSSR count). The maximum Gasteiger partial charge on any atom is 0.329 e. The van der Waals surface area contributed by atoms with E-state index in [1.54, 1.807) is 12.1 Å². The molecular weight excluding hydrogens is 234 g/mol. The van der Waals surface area contributed by atoms with Crippen LogP contribution in [-0.4, -0.2) is 28.0 Å². The van der Waals surface area contributed by atoms with E-state index in [-0.39, 0.29) is 12.3 Å². The average Bonchev–Trinajstić information content (AvgIpc) is 2.61. The van der Waals surface area contributed by atoms with Gasteiger partial charge in [0, 0.05) is 6.20 Å². The second kappa shape index (κ2) is 3.97. The van der Waals surface area contributed by atoms with E-state index in [0.717, 1.165) is 0 Å². The van der Waals surface area contributed by atoms with E-state index in [2.05, 4.69) is 10.4 Å². The molecule has 16 heavy (non-hydrogen) atoms. The number of pyridine rings is 1. The molecule has 0 bridgehead atoms. The minimum atomic E-state index is -1.07. The molecule has 1 saturated heterocycles. The molecule has 0 aliphatic carbocycles. The Balaban J connectivity index is 2.28. The van der Waals surface area contributed by atoms with Gasteiger partial charge in [-0.1, -0.05) is 11.6 Å². The summed E-state index contributed by atoms with van der Waals surface area (Å²) >= 11 is 5.66. The number of nitrogens with zero attached hydrogens (tertiary/aromatic N) is 2. The third kappa shape index (κ3) is 1.92. The molecule has 1 amide bonds. The fraction of sp³-hybridized carbons (Fsp3) is 0.222. The van der Waals surface area contributed by atoms with E-state index in [9.17, 15) is 9.59 Å². The zero-order valence-corrected chi connectivity index (χ0v) is 8.81. The van der Waals surface area contributed by atoms with Crippen LogP contribution in [0.2, 0.25) is 5.02 Å². The lowest BCUT2D eigenvalue weighted by atomic mass is 10.2. The van der Waals surface area contributed by atoms with Crippen LogP contribution in [0.3, 0.4) is 0 Å². The fourth-order valence-electron chi connectivity index (χ4n) is 1.45. The molecule has 1 atom stereocenters. The zero-order valence-electron chi connectivity index (χ0n) is 8.05. The summed E-state index contributed by atoms with van der Waals surface area (Å²) in [5, 5.41) is 10.6. The summed E-state index contributed by atoms with van der Waals surface area (Å²) < 4.78 is 0. The van der Waals surface area contributed by atoms with Gasteiger partial charge in [-0.25, -0.2) is 9.78 Å². The van der Waals surface area contributed by atoms with E-state index in [1.807, 2.05) is 0 Å². The number of aliphatic carboxylic acids is 1. The number of carboxylic acid groups (broad SMARTS) is 1. The molecule has 1 aromatic rings. The van der Waals surface area contributed by atoms with Crippen molar-refractivity contribution < 1.29 is 14.7 Å². The van der Waals surface area contributed by atoms with Crippen LogP contribution >= 0.6 is 11.6 Å². The van der Waals surface area contributed by atoms with E-state index in [0.29, 0.717) is 10.8 Å². The highest BCUT2D eigenvalue weighted by Crippen LogP contribution is 2.20. The van der Waals surface area contributed by atoms with Crippen LogP contribution in [0.4, 0.5) is 5.82 Å². The highest BCUT2D eigenvalue weighted by molar-refractivity contribution is 6.30. The van der Waals surface area contributed by atoms with E-state index in [4.69, 9.17) is 16.7 Å². The number of hydrazine groups is 1. The number of hydrogen-bond acceptors (Lipinski definition) is 4. The first kappa shape index (κ1) is 10.7. The van der Waals surface area contributed by atoms with Crippen molar-refractivity contribution in [1.82, 2.24) is 10.4 Å². The third-order valence-electron chi connectivity index (χ3n) is 2.18. The molecule has 0 spiro atoms. The second-order valence-electron chi connectivity index (χ2n) is 3.30. The van der Waals surface area contributed by atoms with Gasteiger partial charge in [0.15, 0.2) is 6.04 Å². The predicted molar refractivity (Wildman–Crippen MR) is 55.9 cm³/mol. The molecule has 1 aliphatic heterocycles. The van der Waals surface area contributed by atoms with E-state index < -0.39 is 12.0 Å². The number of aromatic nitrogens is 1. The van der Waals surface area contributed by atoms with Gasteiger partial charge < -0.3 is 5.11 Å². The Morgan fingerprint density at radius 1 is 1.62 bits per heavy atom. The van der Waals surface area contributed by atoms with Crippen molar-refractivity contribution in [1.29, 1.82) is 0 Å². The summed E-state index contributed by atoms with van der Waals surface area (Å²) in [7, 11) is 0. The van der Waals surface area contributed by atoms with Crippen molar-refractivity contribution in [3.8, 4) is 0 Å². The molecule has 0 aromatic carbocycles. The van der Waals surface area contributed by atoms with Gasteiger partial charge >= 0.3 is 5.97 Å². The van der Waals surface area contributed by atoms with Crippen LogP contribution in [0, 0.1) is 0 Å². The van der Waals surface area contributed by atoms with Gasteiger partial charge in [0.25, 0.3) is 0 Å². The first-order valence-corrected chi connectivity index (χ1v) is 4.89. The number of carbonyl (C=O) groups excluding carboxylic acids is 1. The summed E-state index contributed by atoms with van der Waals surface area (Å²) in [5.41, 5.74) is 2.43. The lowest BCUT2D eigenvalue weighted by molar-refractivity contribution is -0.139. The number of halogens is 1. The van der Waals surface area contributed by atoms with Crippen LogP contribution in [0.1, 0.15) is 6.42 Å². The Bertz CT molecular complexity index is 434. The molecule has 7 heteroatoms. The van der Waals surface area contributed by atoms with Crippen molar-refractivity contribution >= 4 is 29.3 Å². The maximum absolute atomic E-state index is 11.1. The highest BCUT2D eigenvalue weighted by Gasteiger charge is 2.36. The Morgan fingerprint density at radius 3 is 2.94 bits per heavy atom. The average molecular weight is 242 g/mol. The lowest BCUT2D eigenvalue weighted by Crippen LogP contribution is -2.42. The monoisotopic (exact) mass is 241 g/mol. The first-order valence-electron chi connectivity index (χ1n) is 4.51. The number of carbonyl (C=O) groups is 2. The van der Waals surface area contributed by atoms with Crippen LogP contribution in [0.5, 0.6) is 0 Å². The van der Waals surface area contributed by atoms with Crippen LogP contribution in [0.15, 0.2) is 18.3 Å². The van der Waals surface area contributed by atoms with Gasteiger partial charge in [0.05, 0.1) is 11.4 Å². The van der Waals surface area contributed by atoms with Crippen molar-refractivity contribution in [2.45, 2.75) is 12.5 Å². The fourth-order valence-corrected chi connectivity index (χ4v) is 1.56. The van der Waals surface area contributed by atoms with Crippen LogP contribution in [-0.2, 0) is 9.59 Å². The lowest BCUT2D eigenvalue weighted by Gasteiger charge is -2.20. The number of hydrogen-bond donors (Lipinski definition) is 2. The van der Waals surface area contributed by atoms with Crippen molar-refractivity contribution in [3.63, 3.8) is 0 Å². The Labute approximate surface area is 95.8 Å². The number of rotatable bonds is 2. The van der Waals surface area contributed by atoms with Gasteiger partial charge in [-0.15, -0.1) is 0 Å². The molecule has 1 aromatic heterocycles. The number of carboxylic acids is 1. The van der Waals surface area contributed by atoms with Crippen LogP contribution in [0.25, 0.3) is 0 Å². The topological polar surface area (TPSA) is 82.5 Å². The SMILES string of the molecule is O=C1CC(C(=O)O)N(c2ccc(Cl)cn2)N1. The maximum atomic E-state index is 11.1. The van der Waals surface area contributed by atoms with E-state index in [1.165, 1.54) is 11.2 Å². The van der Waals surface area contributed by atoms with Gasteiger partial charge in [0.1, 0.15) is 5.82 Å². The molecule has 1 fully saturated rings. The third-order valence-corrected chi connectivity index (χ3v) is 2.40. The summed E-state index contributed by atoms with van der Waals surface area (Å²) in [6.07, 6.45) is 1.31. The van der Waals surface area contributed by atoms with Crippen molar-refractivity contribution in [3.05, 3.63) is 23.4 Å². The van der Waals surface area contributed by atoms with Gasteiger partial charge in [-0.3, -0.25) is 15.2 Å². The smallest absolute Gasteiger partial charge is 0.329 e. The van der Waals surface area contributed by atoms with Crippen LogP contribution < -0.4 is 10.4 Å². The largest absolute Gasteiger partial charge is 0.480 e. The molecule has 0 saturated carbocycles. The Morgan fingerprint density at radius 2 is 2.38 bits per heavy atom. The number of amides is 1. The molecule has 84 valence electrons. The van der Waals surface area contributed by atoms with Gasteiger partial charge in [-0.2, -0.15) is 0 Å². The minimum absolute atomic E-state index is 0.0837. The molecule has 1 aliphatic rings. The summed E-state index contributed by atoms with van der Waals surface area (Å²) in [6.45, 7) is 0. The Hall–Kier alpha value is -1.82. The summed E-state index contributed by atoms with van der Waals surface area (Å²) in [4.78, 5) is 26.0. The highest BCUT2D eigenvalue weighted by atomic mass is 35.5.